The molecule has 0 fully saturated rings. The number of hydrogen-bond acceptors (Lipinski definition) is 4. The van der Waals surface area contributed by atoms with Crippen molar-refractivity contribution >= 4 is 38.0 Å². The lowest BCUT2D eigenvalue weighted by molar-refractivity contribution is 0.0705. The molecule has 0 heterocycles. The molecule has 0 amide bonds. The van der Waals surface area contributed by atoms with E-state index in [1.165, 1.54) is 0 Å². The molecule has 0 aliphatic carbocycles. The van der Waals surface area contributed by atoms with Gasteiger partial charge >= 0.3 is 8.80 Å². The van der Waals surface area contributed by atoms with Gasteiger partial charge in [-0.2, -0.15) is 0 Å². The lowest BCUT2D eigenvalue weighted by Crippen LogP contribution is -2.46. The van der Waals surface area contributed by atoms with Crippen LogP contribution in [0.25, 0.3) is 0 Å². The highest BCUT2D eigenvalue weighted by atomic mass is 32.1. The summed E-state index contributed by atoms with van der Waals surface area (Å²) >= 11 is 9.33. The highest BCUT2D eigenvalue weighted by Gasteiger charge is 2.39. The predicted octanol–water partition coefficient (Wildman–Crippen LogP) is 3.13. The summed E-state index contributed by atoms with van der Waals surface area (Å²) in [6.45, 7) is 12.9. The van der Waals surface area contributed by atoms with Crippen LogP contribution in [0.3, 0.4) is 0 Å². The maximum Gasteiger partial charge on any atom is 0.500 e. The lowest BCUT2D eigenvalue weighted by Gasteiger charge is -2.29. The largest absolute Gasteiger partial charge is 0.500 e. The number of nitrogens with zero attached hydrogens (tertiary/aromatic N) is 1. The number of rotatable bonds is 12. The third-order valence-corrected chi connectivity index (χ3v) is 6.32. The van der Waals surface area contributed by atoms with Crippen molar-refractivity contribution in [3.63, 3.8) is 0 Å². The van der Waals surface area contributed by atoms with Crippen LogP contribution in [0.1, 0.15) is 27.2 Å². The summed E-state index contributed by atoms with van der Waals surface area (Å²) in [5.74, 6) is 0. The Morgan fingerprint density at radius 2 is 1.70 bits per heavy atom. The van der Waals surface area contributed by atoms with Gasteiger partial charge in [-0.25, -0.2) is 0 Å². The molecule has 0 N–H and O–H groups in total. The first-order valence-electron chi connectivity index (χ1n) is 7.05. The van der Waals surface area contributed by atoms with Crippen molar-refractivity contribution in [2.45, 2.75) is 33.2 Å². The molecule has 20 heavy (non-hydrogen) atoms. The molecule has 0 bridgehead atoms. The van der Waals surface area contributed by atoms with Gasteiger partial charge in [-0.3, -0.25) is 0 Å². The third-order valence-electron chi connectivity index (χ3n) is 2.62. The van der Waals surface area contributed by atoms with E-state index in [2.05, 4.69) is 19.2 Å². The van der Waals surface area contributed by atoms with E-state index in [1.54, 1.807) is 0 Å². The van der Waals surface area contributed by atoms with E-state index >= 15 is 0 Å². The Balaban J connectivity index is 4.49. The average Bonchev–Trinajstić information content (AvgIpc) is 2.38. The van der Waals surface area contributed by atoms with Crippen molar-refractivity contribution in [1.82, 2.24) is 4.90 Å². The van der Waals surface area contributed by atoms with Crippen molar-refractivity contribution in [3.8, 4) is 0 Å². The van der Waals surface area contributed by atoms with E-state index in [0.29, 0.717) is 30.7 Å². The summed E-state index contributed by atoms with van der Waals surface area (Å²) in [5, 5.41) is 0. The van der Waals surface area contributed by atoms with E-state index in [9.17, 15) is 0 Å². The van der Waals surface area contributed by atoms with Crippen molar-refractivity contribution in [2.75, 3.05) is 32.9 Å². The van der Waals surface area contributed by atoms with Gasteiger partial charge in [0, 0.05) is 39.0 Å². The summed E-state index contributed by atoms with van der Waals surface area (Å²) in [6, 6.07) is 0.784. The molecule has 0 aliphatic rings. The topological polar surface area (TPSA) is 30.9 Å². The van der Waals surface area contributed by atoms with Gasteiger partial charge < -0.3 is 18.2 Å². The Kier molecular flexibility index (Phi) is 11.8. The summed E-state index contributed by atoms with van der Waals surface area (Å²) in [5.41, 5.74) is 0. The fraction of sp³-hybridized carbons (Fsp3) is 0.769. The Labute approximate surface area is 135 Å². The fourth-order valence-corrected chi connectivity index (χ4v) is 4.85. The molecule has 0 saturated carbocycles. The van der Waals surface area contributed by atoms with Gasteiger partial charge in [-0.15, -0.1) is 19.2 Å². The van der Waals surface area contributed by atoms with Crippen molar-refractivity contribution in [1.29, 1.82) is 0 Å². The lowest BCUT2D eigenvalue weighted by atomic mass is 10.4. The molecule has 0 unspecified atom stereocenters. The fourth-order valence-electron chi connectivity index (χ4n) is 1.91. The Morgan fingerprint density at radius 1 is 1.20 bits per heavy atom. The van der Waals surface area contributed by atoms with E-state index < -0.39 is 8.80 Å². The quantitative estimate of drug-likeness (QED) is 0.256. The monoisotopic (exact) mass is 337 g/mol. The van der Waals surface area contributed by atoms with Gasteiger partial charge in [0.25, 0.3) is 0 Å². The second kappa shape index (κ2) is 11.7. The van der Waals surface area contributed by atoms with Crippen LogP contribution in [0.5, 0.6) is 0 Å². The molecule has 7 heteroatoms. The van der Waals surface area contributed by atoms with E-state index in [1.807, 2.05) is 31.7 Å². The highest BCUT2D eigenvalue weighted by Crippen LogP contribution is 2.18. The van der Waals surface area contributed by atoms with Crippen LogP contribution in [0.15, 0.2) is 12.7 Å². The molecule has 0 atom stereocenters. The second-order valence-corrected chi connectivity index (χ2v) is 7.95. The van der Waals surface area contributed by atoms with Crippen LogP contribution in [0.4, 0.5) is 0 Å². The summed E-state index contributed by atoms with van der Waals surface area (Å²) in [6.07, 6.45) is 2.71. The molecule has 118 valence electrons. The average molecular weight is 338 g/mol. The normalized spacial score (nSPS) is 11.4. The minimum Gasteiger partial charge on any atom is -0.374 e. The van der Waals surface area contributed by atoms with Crippen LogP contribution in [-0.2, 0) is 13.3 Å². The van der Waals surface area contributed by atoms with Gasteiger partial charge in [0.15, 0.2) is 0 Å². The van der Waals surface area contributed by atoms with Gasteiger partial charge in [0.1, 0.15) is 4.32 Å². The first kappa shape index (κ1) is 20.1. The molecule has 0 aromatic heterocycles. The zero-order chi connectivity index (χ0) is 15.4. The van der Waals surface area contributed by atoms with E-state index in [-0.39, 0.29) is 0 Å². The Bertz CT molecular complexity index is 276. The summed E-state index contributed by atoms with van der Waals surface area (Å²) in [7, 11) is -2.54. The van der Waals surface area contributed by atoms with E-state index in [4.69, 9.17) is 25.5 Å². The Morgan fingerprint density at radius 3 is 2.05 bits per heavy atom. The summed E-state index contributed by atoms with van der Waals surface area (Å²) in [4.78, 5) is 1.99. The van der Waals surface area contributed by atoms with Gasteiger partial charge in [0.2, 0.25) is 0 Å². The molecule has 0 aliphatic heterocycles. The zero-order valence-corrected chi connectivity index (χ0v) is 15.5. The SMILES string of the molecule is C=CCN(CCC[Si](OCC)(OCC)OCC)C(=S)S. The maximum absolute atomic E-state index is 5.82. The molecule has 0 radical (unpaired) electrons. The van der Waals surface area contributed by atoms with Crippen LogP contribution >= 0.6 is 24.8 Å². The van der Waals surface area contributed by atoms with Crippen LogP contribution in [0, 0.1) is 0 Å². The molecule has 0 aromatic rings. The molecular weight excluding hydrogens is 310 g/mol. The molecular formula is C13H27NO3S2Si. The predicted molar refractivity (Wildman–Crippen MR) is 93.4 cm³/mol. The van der Waals surface area contributed by atoms with Crippen LogP contribution in [0.2, 0.25) is 6.04 Å². The van der Waals surface area contributed by atoms with Gasteiger partial charge in [0.05, 0.1) is 0 Å². The first-order chi connectivity index (χ1) is 9.55. The number of thiocarbonyl (C=S) groups is 1. The number of hydrogen-bond donors (Lipinski definition) is 1. The first-order valence-corrected chi connectivity index (χ1v) is 9.84. The summed E-state index contributed by atoms with van der Waals surface area (Å²) < 4.78 is 18.0. The zero-order valence-electron chi connectivity index (χ0n) is 12.8. The third kappa shape index (κ3) is 7.75. The van der Waals surface area contributed by atoms with Crippen LogP contribution in [-0.4, -0.2) is 50.9 Å². The second-order valence-electron chi connectivity index (χ2n) is 4.10. The molecule has 0 aromatic carbocycles. The smallest absolute Gasteiger partial charge is 0.374 e. The molecule has 4 nitrogen and oxygen atoms in total. The van der Waals surface area contributed by atoms with Gasteiger partial charge in [-0.1, -0.05) is 18.3 Å². The Hall–Kier alpha value is 0.0769. The van der Waals surface area contributed by atoms with E-state index in [0.717, 1.165) is 19.0 Å². The van der Waals surface area contributed by atoms with Crippen molar-refractivity contribution in [3.05, 3.63) is 12.7 Å². The van der Waals surface area contributed by atoms with Crippen molar-refractivity contribution < 1.29 is 13.3 Å². The molecule has 0 spiro atoms. The molecule has 0 rings (SSSR count). The number of thiol groups is 1. The minimum atomic E-state index is -2.54. The maximum atomic E-state index is 5.82. The standard InChI is InChI=1S/C13H27NO3S2Si/c1-5-10-14(13(18)19)11-9-12-20(15-6-2,16-7-3)17-8-4/h5H,1,6-12H2,2-4H3,(H,18,19). The highest BCUT2D eigenvalue weighted by molar-refractivity contribution is 8.10. The minimum absolute atomic E-state index is 0.585. The van der Waals surface area contributed by atoms with Crippen LogP contribution < -0.4 is 0 Å². The van der Waals surface area contributed by atoms with Gasteiger partial charge in [-0.05, 0) is 27.2 Å². The van der Waals surface area contributed by atoms with Crippen molar-refractivity contribution in [2.24, 2.45) is 0 Å². The molecule has 0 saturated heterocycles.